The highest BCUT2D eigenvalue weighted by molar-refractivity contribution is 8.00. The molecule has 1 unspecified atom stereocenters. The van der Waals surface area contributed by atoms with E-state index in [0.717, 1.165) is 6.26 Å². The summed E-state index contributed by atoms with van der Waals surface area (Å²) >= 11 is 1.31. The van der Waals surface area contributed by atoms with E-state index in [1.807, 2.05) is 0 Å². The summed E-state index contributed by atoms with van der Waals surface area (Å²) in [5.41, 5.74) is 0. The summed E-state index contributed by atoms with van der Waals surface area (Å²) in [4.78, 5) is 24.1. The van der Waals surface area contributed by atoms with Gasteiger partial charge in [0.05, 0.1) is 18.4 Å². The Labute approximate surface area is 123 Å². The summed E-state index contributed by atoms with van der Waals surface area (Å²) in [6.07, 6.45) is 1.19. The van der Waals surface area contributed by atoms with Crippen molar-refractivity contribution in [3.05, 3.63) is 0 Å². The second-order valence-electron chi connectivity index (χ2n) is 4.76. The standard InChI is InChI=1S/C11H20N2O5S2/c1-9(7-11(15)16)19-8-10(14)12-3-5-13(6-4-12)20(2,17)18/h9H,3-8H2,1-2H3,(H,15,16). The van der Waals surface area contributed by atoms with Gasteiger partial charge in [0, 0.05) is 31.4 Å². The Hall–Kier alpha value is -0.800. The fraction of sp³-hybridized carbons (Fsp3) is 0.818. The molecule has 0 bridgehead atoms. The molecule has 0 aromatic rings. The molecule has 1 heterocycles. The predicted octanol–water partition coefficient (Wildman–Crippen LogP) is -0.313. The van der Waals surface area contributed by atoms with Gasteiger partial charge in [-0.05, 0) is 0 Å². The molecule has 0 radical (unpaired) electrons. The topological polar surface area (TPSA) is 95.0 Å². The van der Waals surface area contributed by atoms with E-state index in [9.17, 15) is 18.0 Å². The van der Waals surface area contributed by atoms with Crippen LogP contribution in [0.4, 0.5) is 0 Å². The molecular formula is C11H20N2O5S2. The van der Waals surface area contributed by atoms with Crippen molar-refractivity contribution in [1.29, 1.82) is 0 Å². The zero-order chi connectivity index (χ0) is 15.3. The van der Waals surface area contributed by atoms with Crippen LogP contribution >= 0.6 is 11.8 Å². The number of hydrogen-bond donors (Lipinski definition) is 1. The number of rotatable bonds is 6. The Morgan fingerprint density at radius 2 is 1.80 bits per heavy atom. The van der Waals surface area contributed by atoms with E-state index in [0.29, 0.717) is 26.2 Å². The van der Waals surface area contributed by atoms with E-state index in [1.54, 1.807) is 11.8 Å². The number of carboxylic acids is 1. The van der Waals surface area contributed by atoms with Crippen LogP contribution in [0, 0.1) is 0 Å². The van der Waals surface area contributed by atoms with Crippen molar-refractivity contribution in [1.82, 2.24) is 9.21 Å². The fourth-order valence-corrected chi connectivity index (χ4v) is 3.58. The molecule has 1 N–H and O–H groups in total. The van der Waals surface area contributed by atoms with Gasteiger partial charge in [-0.15, -0.1) is 11.8 Å². The molecule has 0 saturated carbocycles. The molecule has 0 aliphatic carbocycles. The van der Waals surface area contributed by atoms with Crippen LogP contribution in [0.25, 0.3) is 0 Å². The SMILES string of the molecule is CC(CC(=O)O)SCC(=O)N1CCN(S(C)(=O)=O)CC1. The summed E-state index contributed by atoms with van der Waals surface area (Å²) in [6.45, 7) is 3.19. The maximum absolute atomic E-state index is 11.9. The molecule has 0 aromatic heterocycles. The maximum atomic E-state index is 11.9. The Morgan fingerprint density at radius 1 is 1.25 bits per heavy atom. The van der Waals surface area contributed by atoms with E-state index >= 15 is 0 Å². The Morgan fingerprint density at radius 3 is 2.25 bits per heavy atom. The predicted molar refractivity (Wildman–Crippen MR) is 77.2 cm³/mol. The molecule has 7 nitrogen and oxygen atoms in total. The minimum absolute atomic E-state index is 0.0276. The lowest BCUT2D eigenvalue weighted by Crippen LogP contribution is -2.50. The van der Waals surface area contributed by atoms with Crippen molar-refractivity contribution in [2.24, 2.45) is 0 Å². The number of amides is 1. The van der Waals surface area contributed by atoms with Gasteiger partial charge >= 0.3 is 5.97 Å². The first kappa shape index (κ1) is 17.3. The zero-order valence-corrected chi connectivity index (χ0v) is 13.2. The molecule has 1 atom stereocenters. The quantitative estimate of drug-likeness (QED) is 0.720. The van der Waals surface area contributed by atoms with Gasteiger partial charge in [-0.2, -0.15) is 4.31 Å². The van der Waals surface area contributed by atoms with E-state index in [2.05, 4.69) is 0 Å². The van der Waals surface area contributed by atoms with E-state index in [1.165, 1.54) is 16.1 Å². The summed E-state index contributed by atoms with van der Waals surface area (Å²) in [5, 5.41) is 8.52. The Bertz CT molecular complexity index is 457. The molecule has 0 spiro atoms. The molecule has 20 heavy (non-hydrogen) atoms. The highest BCUT2D eigenvalue weighted by Gasteiger charge is 2.26. The van der Waals surface area contributed by atoms with E-state index in [4.69, 9.17) is 5.11 Å². The normalized spacial score (nSPS) is 18.8. The molecule has 1 fully saturated rings. The second kappa shape index (κ2) is 7.28. The van der Waals surface area contributed by atoms with Gasteiger partial charge in [0.25, 0.3) is 0 Å². The first-order valence-electron chi connectivity index (χ1n) is 6.26. The highest BCUT2D eigenvalue weighted by Crippen LogP contribution is 2.15. The van der Waals surface area contributed by atoms with Gasteiger partial charge in [0.15, 0.2) is 0 Å². The second-order valence-corrected chi connectivity index (χ2v) is 8.17. The first-order chi connectivity index (χ1) is 9.20. The zero-order valence-electron chi connectivity index (χ0n) is 11.6. The molecule has 1 aliphatic heterocycles. The lowest BCUT2D eigenvalue weighted by molar-refractivity contribution is -0.137. The van der Waals surface area contributed by atoms with E-state index in [-0.39, 0.29) is 23.3 Å². The number of aliphatic carboxylic acids is 1. The molecule has 1 aliphatic rings. The fourth-order valence-electron chi connectivity index (χ4n) is 1.88. The molecule has 1 rings (SSSR count). The van der Waals surface area contributed by atoms with Crippen LogP contribution in [0.3, 0.4) is 0 Å². The van der Waals surface area contributed by atoms with Crippen LogP contribution in [0.2, 0.25) is 0 Å². The summed E-state index contributed by atoms with van der Waals surface area (Å²) in [5.74, 6) is -0.715. The minimum Gasteiger partial charge on any atom is -0.481 e. The smallest absolute Gasteiger partial charge is 0.304 e. The number of hydrogen-bond acceptors (Lipinski definition) is 5. The number of nitrogens with zero attached hydrogens (tertiary/aromatic N) is 2. The number of carboxylic acid groups (broad SMARTS) is 1. The van der Waals surface area contributed by atoms with Crippen LogP contribution in [0.15, 0.2) is 0 Å². The largest absolute Gasteiger partial charge is 0.481 e. The van der Waals surface area contributed by atoms with E-state index < -0.39 is 16.0 Å². The van der Waals surface area contributed by atoms with Crippen molar-refractivity contribution >= 4 is 33.7 Å². The summed E-state index contributed by atoms with van der Waals surface area (Å²) in [7, 11) is -3.19. The average molecular weight is 324 g/mol. The molecule has 1 amide bonds. The number of carbonyl (C=O) groups excluding carboxylic acids is 1. The Kier molecular flexibility index (Phi) is 6.28. The maximum Gasteiger partial charge on any atom is 0.304 e. The molecule has 9 heteroatoms. The number of piperazine rings is 1. The van der Waals surface area contributed by atoms with Gasteiger partial charge in [-0.1, -0.05) is 6.92 Å². The third-order valence-corrected chi connectivity index (χ3v) is 5.47. The van der Waals surface area contributed by atoms with Crippen LogP contribution in [-0.2, 0) is 19.6 Å². The molecule has 116 valence electrons. The van der Waals surface area contributed by atoms with Gasteiger partial charge in [-0.25, -0.2) is 8.42 Å². The lowest BCUT2D eigenvalue weighted by Gasteiger charge is -2.33. The van der Waals surface area contributed by atoms with Crippen molar-refractivity contribution in [3.8, 4) is 0 Å². The number of carbonyl (C=O) groups is 2. The van der Waals surface area contributed by atoms with Gasteiger partial charge in [0.2, 0.25) is 15.9 Å². The van der Waals surface area contributed by atoms with Crippen molar-refractivity contribution < 1.29 is 23.1 Å². The van der Waals surface area contributed by atoms with Crippen molar-refractivity contribution in [2.45, 2.75) is 18.6 Å². The molecule has 0 aromatic carbocycles. The van der Waals surface area contributed by atoms with Crippen LogP contribution in [-0.4, -0.2) is 78.0 Å². The van der Waals surface area contributed by atoms with Crippen molar-refractivity contribution in [3.63, 3.8) is 0 Å². The number of sulfonamides is 1. The van der Waals surface area contributed by atoms with Gasteiger partial charge in [-0.3, -0.25) is 9.59 Å². The van der Waals surface area contributed by atoms with Gasteiger partial charge in [0.1, 0.15) is 0 Å². The minimum atomic E-state index is -3.19. The summed E-state index contributed by atoms with van der Waals surface area (Å²) in [6, 6.07) is 0. The van der Waals surface area contributed by atoms with Crippen molar-refractivity contribution in [2.75, 3.05) is 38.2 Å². The summed E-state index contributed by atoms with van der Waals surface area (Å²) < 4.78 is 24.0. The highest BCUT2D eigenvalue weighted by atomic mass is 32.2. The molecule has 1 saturated heterocycles. The first-order valence-corrected chi connectivity index (χ1v) is 9.16. The Balaban J connectivity index is 2.34. The average Bonchev–Trinajstić information content (AvgIpc) is 2.34. The van der Waals surface area contributed by atoms with Crippen LogP contribution in [0.1, 0.15) is 13.3 Å². The third kappa shape index (κ3) is 5.68. The number of thioether (sulfide) groups is 1. The van der Waals surface area contributed by atoms with Gasteiger partial charge < -0.3 is 10.0 Å². The van der Waals surface area contributed by atoms with Crippen LogP contribution < -0.4 is 0 Å². The van der Waals surface area contributed by atoms with Crippen LogP contribution in [0.5, 0.6) is 0 Å². The lowest BCUT2D eigenvalue weighted by atomic mass is 10.3. The molecular weight excluding hydrogens is 304 g/mol. The monoisotopic (exact) mass is 324 g/mol. The third-order valence-electron chi connectivity index (χ3n) is 3.01.